The lowest BCUT2D eigenvalue weighted by Crippen LogP contribution is -2.24. The van der Waals surface area contributed by atoms with Crippen molar-refractivity contribution in [2.24, 2.45) is 0 Å². The molecular formula is C17H20N2O5. The lowest BCUT2D eigenvalue weighted by Gasteiger charge is -2.06. The van der Waals surface area contributed by atoms with Crippen LogP contribution >= 0.6 is 0 Å². The number of anilines is 1. The standard InChI is InChI=1S/C17H20N2O5/c1-11(10-15(21)18-9-3-4-16(22)23)17(24)19-14-7-5-13(6-8-14)12(2)20/h5-8,10H,3-4,9H2,1-2H3,(H,18,21)(H,19,24)(H,22,23)/b11-10-. The van der Waals surface area contributed by atoms with Crippen LogP contribution in [0, 0.1) is 0 Å². The fraction of sp³-hybridized carbons (Fsp3) is 0.294. The van der Waals surface area contributed by atoms with Crippen LogP contribution in [0.15, 0.2) is 35.9 Å². The molecule has 0 aliphatic heterocycles. The average Bonchev–Trinajstić information content (AvgIpc) is 2.51. The Kier molecular flexibility index (Phi) is 7.35. The summed E-state index contributed by atoms with van der Waals surface area (Å²) in [6, 6.07) is 6.42. The number of carboxylic acid groups (broad SMARTS) is 1. The van der Waals surface area contributed by atoms with Crippen molar-refractivity contribution >= 4 is 29.3 Å². The highest BCUT2D eigenvalue weighted by Gasteiger charge is 2.08. The third-order valence-corrected chi connectivity index (χ3v) is 3.12. The van der Waals surface area contributed by atoms with Crippen molar-refractivity contribution in [3.05, 3.63) is 41.5 Å². The van der Waals surface area contributed by atoms with Crippen LogP contribution < -0.4 is 10.6 Å². The van der Waals surface area contributed by atoms with E-state index in [0.29, 0.717) is 17.7 Å². The van der Waals surface area contributed by atoms with E-state index in [-0.39, 0.29) is 24.3 Å². The molecule has 3 N–H and O–H groups in total. The minimum atomic E-state index is -0.925. The molecule has 7 heteroatoms. The lowest BCUT2D eigenvalue weighted by atomic mass is 10.1. The minimum Gasteiger partial charge on any atom is -0.481 e. The molecule has 0 heterocycles. The highest BCUT2D eigenvalue weighted by atomic mass is 16.4. The van der Waals surface area contributed by atoms with E-state index in [9.17, 15) is 19.2 Å². The Bertz CT molecular complexity index is 662. The fourth-order valence-corrected chi connectivity index (χ4v) is 1.78. The number of carbonyl (C=O) groups is 4. The van der Waals surface area contributed by atoms with Crippen LogP contribution in [0.3, 0.4) is 0 Å². The highest BCUT2D eigenvalue weighted by Crippen LogP contribution is 2.11. The number of rotatable bonds is 8. The van der Waals surface area contributed by atoms with E-state index in [2.05, 4.69) is 10.6 Å². The summed E-state index contributed by atoms with van der Waals surface area (Å²) in [6.45, 7) is 3.18. The summed E-state index contributed by atoms with van der Waals surface area (Å²) in [5.74, 6) is -1.89. The molecule has 0 atom stereocenters. The molecule has 1 aromatic rings. The zero-order chi connectivity index (χ0) is 18.1. The van der Waals surface area contributed by atoms with E-state index < -0.39 is 17.8 Å². The lowest BCUT2D eigenvalue weighted by molar-refractivity contribution is -0.137. The Labute approximate surface area is 139 Å². The van der Waals surface area contributed by atoms with Crippen LogP contribution in [0.25, 0.3) is 0 Å². The maximum Gasteiger partial charge on any atom is 0.303 e. The summed E-state index contributed by atoms with van der Waals surface area (Å²) in [4.78, 5) is 45.1. The van der Waals surface area contributed by atoms with Crippen LogP contribution in [-0.2, 0) is 14.4 Å². The summed E-state index contributed by atoms with van der Waals surface area (Å²) in [6.07, 6.45) is 1.45. The Hall–Kier alpha value is -2.96. The highest BCUT2D eigenvalue weighted by molar-refractivity contribution is 6.07. The van der Waals surface area contributed by atoms with Crippen LogP contribution in [0.1, 0.15) is 37.0 Å². The first kappa shape index (κ1) is 19.1. The molecule has 0 saturated heterocycles. The van der Waals surface area contributed by atoms with Crippen molar-refractivity contribution in [2.75, 3.05) is 11.9 Å². The molecule has 0 unspecified atom stereocenters. The molecule has 0 saturated carbocycles. The van der Waals surface area contributed by atoms with Gasteiger partial charge in [0.25, 0.3) is 5.91 Å². The monoisotopic (exact) mass is 332 g/mol. The van der Waals surface area contributed by atoms with E-state index in [4.69, 9.17) is 5.11 Å². The number of benzene rings is 1. The van der Waals surface area contributed by atoms with E-state index in [1.165, 1.54) is 13.8 Å². The molecule has 24 heavy (non-hydrogen) atoms. The summed E-state index contributed by atoms with van der Waals surface area (Å²) in [5, 5.41) is 13.6. The number of aliphatic carboxylic acids is 1. The topological polar surface area (TPSA) is 113 Å². The summed E-state index contributed by atoms with van der Waals surface area (Å²) in [7, 11) is 0. The third kappa shape index (κ3) is 6.87. The number of carboxylic acids is 1. The molecule has 0 aliphatic carbocycles. The molecule has 0 aliphatic rings. The van der Waals surface area contributed by atoms with Gasteiger partial charge in [-0.25, -0.2) is 0 Å². The smallest absolute Gasteiger partial charge is 0.303 e. The van der Waals surface area contributed by atoms with Gasteiger partial charge in [0.15, 0.2) is 5.78 Å². The third-order valence-electron chi connectivity index (χ3n) is 3.12. The number of nitrogens with one attached hydrogen (secondary N) is 2. The molecule has 2 amide bonds. The first-order chi connectivity index (χ1) is 11.3. The SMILES string of the molecule is CC(=O)c1ccc(NC(=O)/C(C)=C\C(=O)NCCCC(=O)O)cc1. The Balaban J connectivity index is 2.52. The second-order valence-corrected chi connectivity index (χ2v) is 5.20. The summed E-state index contributed by atoms with van der Waals surface area (Å²) < 4.78 is 0. The Morgan fingerprint density at radius 3 is 2.25 bits per heavy atom. The van der Waals surface area contributed by atoms with Crippen molar-refractivity contribution in [3.63, 3.8) is 0 Å². The van der Waals surface area contributed by atoms with E-state index in [1.807, 2.05) is 0 Å². The number of hydrogen-bond donors (Lipinski definition) is 3. The van der Waals surface area contributed by atoms with E-state index in [1.54, 1.807) is 24.3 Å². The Morgan fingerprint density at radius 2 is 1.71 bits per heavy atom. The largest absolute Gasteiger partial charge is 0.481 e. The number of ketones is 1. The van der Waals surface area contributed by atoms with Gasteiger partial charge in [0.1, 0.15) is 0 Å². The average molecular weight is 332 g/mol. The minimum absolute atomic E-state index is 0.0281. The molecule has 7 nitrogen and oxygen atoms in total. The van der Waals surface area contributed by atoms with Gasteiger partial charge < -0.3 is 15.7 Å². The molecule has 0 radical (unpaired) electrons. The van der Waals surface area contributed by atoms with Crippen molar-refractivity contribution in [3.8, 4) is 0 Å². The molecule has 128 valence electrons. The van der Waals surface area contributed by atoms with Gasteiger partial charge in [0, 0.05) is 35.9 Å². The maximum atomic E-state index is 12.0. The molecule has 1 aromatic carbocycles. The predicted octanol–water partition coefficient (Wildman–Crippen LogP) is 1.75. The van der Waals surface area contributed by atoms with Gasteiger partial charge in [0.05, 0.1) is 0 Å². The molecule has 0 spiro atoms. The van der Waals surface area contributed by atoms with Crippen molar-refractivity contribution in [1.82, 2.24) is 5.32 Å². The first-order valence-electron chi connectivity index (χ1n) is 7.40. The predicted molar refractivity (Wildman–Crippen MR) is 88.7 cm³/mol. The van der Waals surface area contributed by atoms with Gasteiger partial charge in [0.2, 0.25) is 5.91 Å². The number of Topliss-reactive ketones (excluding diaryl/α,β-unsaturated/α-hetero) is 1. The zero-order valence-electron chi connectivity index (χ0n) is 13.6. The van der Waals surface area contributed by atoms with E-state index in [0.717, 1.165) is 6.08 Å². The van der Waals surface area contributed by atoms with Gasteiger partial charge in [-0.05, 0) is 44.5 Å². The number of hydrogen-bond acceptors (Lipinski definition) is 4. The molecule has 1 rings (SSSR count). The van der Waals surface area contributed by atoms with Crippen LogP contribution in [0.2, 0.25) is 0 Å². The number of amides is 2. The second kappa shape index (κ2) is 9.24. The molecule has 0 bridgehead atoms. The molecule has 0 fully saturated rings. The van der Waals surface area contributed by atoms with Crippen LogP contribution in [0.4, 0.5) is 5.69 Å². The first-order valence-corrected chi connectivity index (χ1v) is 7.40. The fourth-order valence-electron chi connectivity index (χ4n) is 1.78. The van der Waals surface area contributed by atoms with Gasteiger partial charge in [-0.3, -0.25) is 19.2 Å². The maximum absolute atomic E-state index is 12.0. The number of carbonyl (C=O) groups excluding carboxylic acids is 3. The van der Waals surface area contributed by atoms with Gasteiger partial charge in [-0.2, -0.15) is 0 Å². The van der Waals surface area contributed by atoms with Crippen molar-refractivity contribution in [2.45, 2.75) is 26.7 Å². The van der Waals surface area contributed by atoms with Crippen molar-refractivity contribution < 1.29 is 24.3 Å². The van der Waals surface area contributed by atoms with Gasteiger partial charge in [-0.1, -0.05) is 0 Å². The normalized spacial score (nSPS) is 10.8. The van der Waals surface area contributed by atoms with Crippen LogP contribution in [0.5, 0.6) is 0 Å². The molecular weight excluding hydrogens is 312 g/mol. The summed E-state index contributed by atoms with van der Waals surface area (Å²) in [5.41, 5.74) is 1.27. The van der Waals surface area contributed by atoms with Gasteiger partial charge in [-0.15, -0.1) is 0 Å². The van der Waals surface area contributed by atoms with Crippen molar-refractivity contribution in [1.29, 1.82) is 0 Å². The van der Waals surface area contributed by atoms with Crippen LogP contribution in [-0.4, -0.2) is 35.2 Å². The van der Waals surface area contributed by atoms with Gasteiger partial charge >= 0.3 is 5.97 Å². The molecule has 0 aromatic heterocycles. The second-order valence-electron chi connectivity index (χ2n) is 5.20. The Morgan fingerprint density at radius 1 is 1.08 bits per heavy atom. The summed E-state index contributed by atoms with van der Waals surface area (Å²) >= 11 is 0. The van der Waals surface area contributed by atoms with E-state index >= 15 is 0 Å². The quantitative estimate of drug-likeness (QED) is 0.381. The zero-order valence-corrected chi connectivity index (χ0v) is 13.6.